The topological polar surface area (TPSA) is 62.5 Å². The maximum absolute atomic E-state index is 12.2. The van der Waals surface area contributed by atoms with Crippen LogP contribution in [0.3, 0.4) is 0 Å². The van der Waals surface area contributed by atoms with Gasteiger partial charge in [-0.1, -0.05) is 5.16 Å². The van der Waals surface area contributed by atoms with Crippen molar-refractivity contribution in [1.82, 2.24) is 19.9 Å². The highest BCUT2D eigenvalue weighted by Gasteiger charge is 2.26. The van der Waals surface area contributed by atoms with Crippen molar-refractivity contribution in [2.24, 2.45) is 5.92 Å². The van der Waals surface area contributed by atoms with Gasteiger partial charge in [-0.25, -0.2) is 0 Å². The molecule has 1 aliphatic heterocycles. The Kier molecular flexibility index (Phi) is 4.30. The molecule has 0 N–H and O–H groups in total. The van der Waals surface area contributed by atoms with Crippen molar-refractivity contribution in [3.05, 3.63) is 12.2 Å². The smallest absolute Gasteiger partial charge is 0.226 e. The number of likely N-dealkylation sites (N-methyl/N-ethyl adjacent to an activating group) is 1. The summed E-state index contributed by atoms with van der Waals surface area (Å²) in [6, 6.07) is 0. The SMILES string of the molecule is CN1CCC[C@@H](C(=O)N(C)CCc2ncon2)C1. The van der Waals surface area contributed by atoms with Crippen LogP contribution in [0.2, 0.25) is 0 Å². The molecule has 0 radical (unpaired) electrons. The Morgan fingerprint density at radius 2 is 2.50 bits per heavy atom. The third kappa shape index (κ3) is 3.29. The molecule has 100 valence electrons. The fraction of sp³-hybridized carbons (Fsp3) is 0.750. The number of aromatic nitrogens is 2. The summed E-state index contributed by atoms with van der Waals surface area (Å²) in [6.45, 7) is 2.60. The highest BCUT2D eigenvalue weighted by atomic mass is 16.5. The number of hydrogen-bond donors (Lipinski definition) is 0. The van der Waals surface area contributed by atoms with Crippen LogP contribution in [-0.2, 0) is 11.2 Å². The molecule has 1 aromatic heterocycles. The van der Waals surface area contributed by atoms with E-state index in [4.69, 9.17) is 0 Å². The van der Waals surface area contributed by atoms with Gasteiger partial charge in [0.2, 0.25) is 12.3 Å². The summed E-state index contributed by atoms with van der Waals surface area (Å²) >= 11 is 0. The Morgan fingerprint density at radius 1 is 1.67 bits per heavy atom. The fourth-order valence-corrected chi connectivity index (χ4v) is 2.36. The minimum atomic E-state index is 0.138. The molecule has 2 rings (SSSR count). The zero-order chi connectivity index (χ0) is 13.0. The molecule has 6 nitrogen and oxygen atoms in total. The van der Waals surface area contributed by atoms with E-state index >= 15 is 0 Å². The maximum Gasteiger partial charge on any atom is 0.226 e. The summed E-state index contributed by atoms with van der Waals surface area (Å²) in [4.78, 5) is 20.2. The quantitative estimate of drug-likeness (QED) is 0.777. The van der Waals surface area contributed by atoms with Crippen molar-refractivity contribution >= 4 is 5.91 Å². The van der Waals surface area contributed by atoms with E-state index in [0.29, 0.717) is 18.8 Å². The third-order valence-corrected chi connectivity index (χ3v) is 3.43. The van der Waals surface area contributed by atoms with Crippen molar-refractivity contribution in [3.8, 4) is 0 Å². The van der Waals surface area contributed by atoms with Crippen LogP contribution in [0.1, 0.15) is 18.7 Å². The molecular formula is C12H20N4O2. The average Bonchev–Trinajstić information content (AvgIpc) is 2.88. The van der Waals surface area contributed by atoms with Crippen LogP contribution in [0.25, 0.3) is 0 Å². The monoisotopic (exact) mass is 252 g/mol. The van der Waals surface area contributed by atoms with E-state index in [-0.39, 0.29) is 11.8 Å². The molecule has 18 heavy (non-hydrogen) atoms. The van der Waals surface area contributed by atoms with Crippen molar-refractivity contribution in [2.75, 3.05) is 33.7 Å². The molecule has 0 unspecified atom stereocenters. The van der Waals surface area contributed by atoms with Crippen LogP contribution in [0.4, 0.5) is 0 Å². The lowest BCUT2D eigenvalue weighted by molar-refractivity contribution is -0.135. The van der Waals surface area contributed by atoms with Crippen LogP contribution in [0, 0.1) is 5.92 Å². The van der Waals surface area contributed by atoms with Crippen LogP contribution in [-0.4, -0.2) is 59.6 Å². The van der Waals surface area contributed by atoms with Crippen molar-refractivity contribution < 1.29 is 9.32 Å². The lowest BCUT2D eigenvalue weighted by Gasteiger charge is -2.31. The second-order valence-corrected chi connectivity index (χ2v) is 4.96. The van der Waals surface area contributed by atoms with E-state index in [0.717, 1.165) is 25.9 Å². The second kappa shape index (κ2) is 5.95. The lowest BCUT2D eigenvalue weighted by Crippen LogP contribution is -2.42. The number of likely N-dealkylation sites (tertiary alicyclic amines) is 1. The standard InChI is InChI=1S/C12H20N4O2/c1-15-6-3-4-10(8-15)12(17)16(2)7-5-11-13-9-18-14-11/h9-10H,3-8H2,1-2H3/t10-/m1/s1. The number of hydrogen-bond acceptors (Lipinski definition) is 5. The number of amides is 1. The van der Waals surface area contributed by atoms with Crippen LogP contribution >= 0.6 is 0 Å². The number of carbonyl (C=O) groups excluding carboxylic acids is 1. The highest BCUT2D eigenvalue weighted by Crippen LogP contribution is 2.17. The maximum atomic E-state index is 12.2. The predicted molar refractivity (Wildman–Crippen MR) is 65.9 cm³/mol. The molecule has 6 heteroatoms. The average molecular weight is 252 g/mol. The third-order valence-electron chi connectivity index (χ3n) is 3.43. The summed E-state index contributed by atoms with van der Waals surface area (Å²) in [7, 11) is 3.91. The molecule has 0 saturated carbocycles. The summed E-state index contributed by atoms with van der Waals surface area (Å²) in [6.07, 6.45) is 4.05. The second-order valence-electron chi connectivity index (χ2n) is 4.96. The van der Waals surface area contributed by atoms with Crippen LogP contribution in [0.5, 0.6) is 0 Å². The minimum Gasteiger partial charge on any atom is -0.345 e. The molecule has 2 heterocycles. The van der Waals surface area contributed by atoms with Crippen molar-refractivity contribution in [3.63, 3.8) is 0 Å². The van der Waals surface area contributed by atoms with Gasteiger partial charge in [-0.05, 0) is 26.4 Å². The molecular weight excluding hydrogens is 232 g/mol. The van der Waals surface area contributed by atoms with Crippen molar-refractivity contribution in [1.29, 1.82) is 0 Å². The van der Waals surface area contributed by atoms with Gasteiger partial charge >= 0.3 is 0 Å². The predicted octanol–water partition coefficient (Wildman–Crippen LogP) is 0.412. The van der Waals surface area contributed by atoms with Gasteiger partial charge in [0.15, 0.2) is 5.82 Å². The van der Waals surface area contributed by atoms with Crippen LogP contribution in [0.15, 0.2) is 10.9 Å². The Balaban J connectivity index is 1.80. The van der Waals surface area contributed by atoms with E-state index in [2.05, 4.69) is 26.6 Å². The molecule has 1 saturated heterocycles. The van der Waals surface area contributed by atoms with E-state index < -0.39 is 0 Å². The van der Waals surface area contributed by atoms with Gasteiger partial charge in [-0.3, -0.25) is 4.79 Å². The molecule has 1 amide bonds. The summed E-state index contributed by atoms with van der Waals surface area (Å²) in [5.74, 6) is 1.01. The van der Waals surface area contributed by atoms with Crippen LogP contribution < -0.4 is 0 Å². The minimum absolute atomic E-state index is 0.138. The van der Waals surface area contributed by atoms with Gasteiger partial charge in [0.25, 0.3) is 0 Å². The molecule has 0 spiro atoms. The first-order valence-corrected chi connectivity index (χ1v) is 6.35. The van der Waals surface area contributed by atoms with Gasteiger partial charge in [-0.15, -0.1) is 0 Å². The first-order valence-electron chi connectivity index (χ1n) is 6.35. The molecule has 1 aromatic rings. The highest BCUT2D eigenvalue weighted by molar-refractivity contribution is 5.78. The number of piperidine rings is 1. The molecule has 1 aliphatic rings. The summed E-state index contributed by atoms with van der Waals surface area (Å²) < 4.78 is 4.67. The Labute approximate surface area is 107 Å². The van der Waals surface area contributed by atoms with E-state index in [1.807, 2.05) is 7.05 Å². The zero-order valence-electron chi connectivity index (χ0n) is 11.0. The normalized spacial score (nSPS) is 20.9. The van der Waals surface area contributed by atoms with Crippen molar-refractivity contribution in [2.45, 2.75) is 19.3 Å². The van der Waals surface area contributed by atoms with Gasteiger partial charge in [0.1, 0.15) is 0 Å². The number of rotatable bonds is 4. The van der Waals surface area contributed by atoms with Gasteiger partial charge in [0, 0.05) is 26.6 Å². The molecule has 0 aromatic carbocycles. The molecule has 1 fully saturated rings. The Hall–Kier alpha value is -1.43. The lowest BCUT2D eigenvalue weighted by atomic mass is 9.97. The van der Waals surface area contributed by atoms with E-state index in [1.165, 1.54) is 6.39 Å². The Morgan fingerprint density at radius 3 is 3.17 bits per heavy atom. The fourth-order valence-electron chi connectivity index (χ4n) is 2.36. The number of nitrogens with zero attached hydrogens (tertiary/aromatic N) is 4. The van der Waals surface area contributed by atoms with Gasteiger partial charge in [-0.2, -0.15) is 4.98 Å². The van der Waals surface area contributed by atoms with E-state index in [1.54, 1.807) is 4.90 Å². The summed E-state index contributed by atoms with van der Waals surface area (Å²) in [5.41, 5.74) is 0. The molecule has 1 atom stereocenters. The van der Waals surface area contributed by atoms with E-state index in [9.17, 15) is 4.79 Å². The zero-order valence-corrected chi connectivity index (χ0v) is 11.0. The van der Waals surface area contributed by atoms with Gasteiger partial charge < -0.3 is 14.3 Å². The first kappa shape index (κ1) is 13.0. The van der Waals surface area contributed by atoms with Gasteiger partial charge in [0.05, 0.1) is 5.92 Å². The molecule has 0 bridgehead atoms. The first-order chi connectivity index (χ1) is 8.66. The summed E-state index contributed by atoms with van der Waals surface area (Å²) in [5, 5.41) is 3.74. The Bertz CT molecular complexity index is 379. The molecule has 0 aliphatic carbocycles. The largest absolute Gasteiger partial charge is 0.345 e. The number of carbonyl (C=O) groups is 1.